The molecule has 2 aromatic rings. The highest BCUT2D eigenvalue weighted by atomic mass is 127. The van der Waals surface area contributed by atoms with E-state index in [1.54, 1.807) is 7.05 Å². The molecule has 33 heavy (non-hydrogen) atoms. The summed E-state index contributed by atoms with van der Waals surface area (Å²) in [5, 5.41) is 8.17. The average molecular weight is 567 g/mol. The van der Waals surface area contributed by atoms with Crippen LogP contribution < -0.4 is 15.5 Å². The lowest BCUT2D eigenvalue weighted by atomic mass is 9.98. The van der Waals surface area contributed by atoms with Gasteiger partial charge < -0.3 is 20.4 Å². The van der Waals surface area contributed by atoms with Crippen LogP contribution in [0.3, 0.4) is 0 Å². The van der Waals surface area contributed by atoms with E-state index in [4.69, 9.17) is 4.98 Å². The van der Waals surface area contributed by atoms with Crippen LogP contribution in [0.1, 0.15) is 45.1 Å². The Balaban J connectivity index is 0.00000385. The number of hydrogen-bond acceptors (Lipinski definition) is 4. The number of guanidine groups is 1. The quantitative estimate of drug-likeness (QED) is 0.301. The second-order valence-corrected chi connectivity index (χ2v) is 8.73. The van der Waals surface area contributed by atoms with E-state index in [1.807, 2.05) is 36.0 Å². The number of halogens is 1. The molecule has 1 aliphatic rings. The van der Waals surface area contributed by atoms with Gasteiger partial charge in [0.25, 0.3) is 0 Å². The predicted molar refractivity (Wildman–Crippen MR) is 148 cm³/mol. The molecule has 2 N–H and O–H groups in total. The van der Waals surface area contributed by atoms with Crippen LogP contribution >= 0.6 is 24.0 Å². The zero-order valence-corrected chi connectivity index (χ0v) is 22.9. The summed E-state index contributed by atoms with van der Waals surface area (Å²) in [4.78, 5) is 25.9. The molecule has 1 fully saturated rings. The third kappa shape index (κ3) is 6.94. The third-order valence-corrected chi connectivity index (χ3v) is 6.40. The minimum absolute atomic E-state index is 0. The van der Waals surface area contributed by atoms with E-state index in [9.17, 15) is 4.79 Å². The molecule has 1 aromatic carbocycles. The Morgan fingerprint density at radius 1 is 1.21 bits per heavy atom. The van der Waals surface area contributed by atoms with Gasteiger partial charge in [0, 0.05) is 58.1 Å². The number of fused-ring (bicyclic) bond motifs is 1. The number of nitrogens with zero attached hydrogens (tertiary/aromatic N) is 4. The second kappa shape index (κ2) is 13.0. The number of pyridine rings is 1. The van der Waals surface area contributed by atoms with Gasteiger partial charge in [-0.25, -0.2) is 4.98 Å². The zero-order valence-electron chi connectivity index (χ0n) is 20.6. The Hall–Kier alpha value is -2.10. The molecule has 8 heteroatoms. The molecule has 1 saturated heterocycles. The normalized spacial score (nSPS) is 14.8. The smallest absolute Gasteiger partial charge is 0.225 e. The van der Waals surface area contributed by atoms with Crippen LogP contribution in [-0.2, 0) is 11.3 Å². The zero-order chi connectivity index (χ0) is 23.1. The van der Waals surface area contributed by atoms with Crippen LogP contribution in [0.2, 0.25) is 0 Å². The number of anilines is 1. The highest BCUT2D eigenvalue weighted by Gasteiger charge is 2.26. The van der Waals surface area contributed by atoms with E-state index in [1.165, 1.54) is 5.56 Å². The number of likely N-dealkylation sites (tertiary alicyclic amines) is 1. The largest absolute Gasteiger partial charge is 0.363 e. The lowest BCUT2D eigenvalue weighted by Crippen LogP contribution is -2.50. The topological polar surface area (TPSA) is 72.9 Å². The number of aliphatic imine (C=N–C) groups is 1. The van der Waals surface area contributed by atoms with E-state index in [-0.39, 0.29) is 29.9 Å². The molecular weight excluding hydrogens is 527 g/mol. The first-order valence-electron chi connectivity index (χ1n) is 11.8. The summed E-state index contributed by atoms with van der Waals surface area (Å²) in [6, 6.07) is 10.7. The van der Waals surface area contributed by atoms with Crippen molar-refractivity contribution in [2.45, 2.75) is 52.1 Å². The van der Waals surface area contributed by atoms with E-state index in [2.05, 4.69) is 47.7 Å². The molecule has 3 rings (SSSR count). The highest BCUT2D eigenvalue weighted by Crippen LogP contribution is 2.22. The fourth-order valence-electron chi connectivity index (χ4n) is 4.31. The summed E-state index contributed by atoms with van der Waals surface area (Å²) >= 11 is 0. The Kier molecular flexibility index (Phi) is 10.7. The fourth-order valence-corrected chi connectivity index (χ4v) is 4.31. The summed E-state index contributed by atoms with van der Waals surface area (Å²) in [5.41, 5.74) is 2.18. The van der Waals surface area contributed by atoms with Gasteiger partial charge in [0.15, 0.2) is 5.96 Å². The number of carbonyl (C=O) groups excluding carboxylic acids is 1. The standard InChI is InChI=1S/C25H38N6O.HI/c1-6-18(7-2)24(32)31-14-12-20(13-15-31)28-25(26-3)27-17-19-16-23(30(4)5)29-22-11-9-8-10-21(19)22;/h8-11,16,18,20H,6-7,12-15,17H2,1-5H3,(H2,26,27,28);1H. The lowest BCUT2D eigenvalue weighted by molar-refractivity contribution is -0.136. The molecule has 1 aliphatic heterocycles. The molecule has 7 nitrogen and oxygen atoms in total. The molecule has 0 unspecified atom stereocenters. The number of aromatic nitrogens is 1. The van der Waals surface area contributed by atoms with Crippen molar-refractivity contribution in [2.24, 2.45) is 10.9 Å². The third-order valence-electron chi connectivity index (χ3n) is 6.40. The second-order valence-electron chi connectivity index (χ2n) is 8.73. The van der Waals surface area contributed by atoms with Gasteiger partial charge in [-0.3, -0.25) is 9.79 Å². The maximum Gasteiger partial charge on any atom is 0.225 e. The number of rotatable bonds is 7. The van der Waals surface area contributed by atoms with Gasteiger partial charge in [-0.1, -0.05) is 32.0 Å². The number of carbonyl (C=O) groups is 1. The molecule has 0 atom stereocenters. The minimum atomic E-state index is 0. The predicted octanol–water partition coefficient (Wildman–Crippen LogP) is 4.01. The van der Waals surface area contributed by atoms with Crippen molar-refractivity contribution in [3.05, 3.63) is 35.9 Å². The summed E-state index contributed by atoms with van der Waals surface area (Å²) in [6.45, 7) is 6.49. The Morgan fingerprint density at radius 3 is 2.48 bits per heavy atom. The monoisotopic (exact) mass is 566 g/mol. The van der Waals surface area contributed by atoms with Gasteiger partial charge in [0.05, 0.1) is 5.52 Å². The number of hydrogen-bond donors (Lipinski definition) is 2. The first-order valence-corrected chi connectivity index (χ1v) is 11.8. The molecule has 0 saturated carbocycles. The van der Waals surface area contributed by atoms with Crippen LogP contribution in [-0.4, -0.2) is 62.0 Å². The summed E-state index contributed by atoms with van der Waals surface area (Å²) in [7, 11) is 5.82. The first kappa shape index (κ1) is 27.1. The van der Waals surface area contributed by atoms with Crippen molar-refractivity contribution in [2.75, 3.05) is 39.1 Å². The van der Waals surface area contributed by atoms with Gasteiger partial charge >= 0.3 is 0 Å². The van der Waals surface area contributed by atoms with Crippen LogP contribution in [0, 0.1) is 5.92 Å². The van der Waals surface area contributed by atoms with E-state index in [0.717, 1.165) is 61.5 Å². The molecule has 0 aliphatic carbocycles. The van der Waals surface area contributed by atoms with Crippen molar-refractivity contribution >= 4 is 52.6 Å². The lowest BCUT2D eigenvalue weighted by Gasteiger charge is -2.34. The Labute approximate surface area is 215 Å². The first-order chi connectivity index (χ1) is 15.5. The molecular formula is C25H39IN6O. The van der Waals surface area contributed by atoms with Gasteiger partial charge in [-0.05, 0) is 43.4 Å². The molecule has 0 bridgehead atoms. The van der Waals surface area contributed by atoms with Crippen molar-refractivity contribution < 1.29 is 4.79 Å². The maximum atomic E-state index is 12.6. The number of piperidine rings is 1. The average Bonchev–Trinajstić information content (AvgIpc) is 2.82. The Morgan fingerprint density at radius 2 is 1.88 bits per heavy atom. The van der Waals surface area contributed by atoms with Crippen molar-refractivity contribution in [1.82, 2.24) is 20.5 Å². The van der Waals surface area contributed by atoms with Crippen molar-refractivity contribution in [1.29, 1.82) is 0 Å². The summed E-state index contributed by atoms with van der Waals surface area (Å²) in [5.74, 6) is 2.22. The van der Waals surface area contributed by atoms with Gasteiger partial charge in [-0.2, -0.15) is 0 Å². The number of benzene rings is 1. The van der Waals surface area contributed by atoms with E-state index in [0.29, 0.717) is 18.5 Å². The van der Waals surface area contributed by atoms with Crippen LogP contribution in [0.4, 0.5) is 5.82 Å². The molecule has 182 valence electrons. The highest BCUT2D eigenvalue weighted by molar-refractivity contribution is 14.0. The van der Waals surface area contributed by atoms with Crippen molar-refractivity contribution in [3.8, 4) is 0 Å². The van der Waals surface area contributed by atoms with E-state index < -0.39 is 0 Å². The molecule has 1 amide bonds. The van der Waals surface area contributed by atoms with Gasteiger partial charge in [0.1, 0.15) is 5.82 Å². The number of amides is 1. The molecule has 0 radical (unpaired) electrons. The van der Waals surface area contributed by atoms with E-state index >= 15 is 0 Å². The van der Waals surface area contributed by atoms with Crippen LogP contribution in [0.5, 0.6) is 0 Å². The molecule has 1 aromatic heterocycles. The van der Waals surface area contributed by atoms with Gasteiger partial charge in [-0.15, -0.1) is 24.0 Å². The van der Waals surface area contributed by atoms with Crippen molar-refractivity contribution in [3.63, 3.8) is 0 Å². The SMILES string of the molecule is CCC(CC)C(=O)N1CCC(NC(=NC)NCc2cc(N(C)C)nc3ccccc23)CC1.I. The molecule has 0 spiro atoms. The summed E-state index contributed by atoms with van der Waals surface area (Å²) < 4.78 is 0. The molecule has 2 heterocycles. The van der Waals surface area contributed by atoms with Crippen LogP contribution in [0.25, 0.3) is 10.9 Å². The number of para-hydroxylation sites is 1. The fraction of sp³-hybridized carbons (Fsp3) is 0.560. The maximum absolute atomic E-state index is 12.6. The minimum Gasteiger partial charge on any atom is -0.363 e. The summed E-state index contributed by atoms with van der Waals surface area (Å²) in [6.07, 6.45) is 3.72. The van der Waals surface area contributed by atoms with Crippen LogP contribution in [0.15, 0.2) is 35.3 Å². The van der Waals surface area contributed by atoms with Gasteiger partial charge in [0.2, 0.25) is 5.91 Å². The number of nitrogens with one attached hydrogen (secondary N) is 2. The Bertz CT molecular complexity index is 936.